The molecule has 0 radical (unpaired) electrons. The number of ether oxygens (including phenoxy) is 1. The normalized spacial score (nSPS) is 11.6. The van der Waals surface area contributed by atoms with Crippen LogP contribution >= 0.6 is 22.9 Å². The molecule has 0 saturated carbocycles. The first kappa shape index (κ1) is 14.1. The van der Waals surface area contributed by atoms with Gasteiger partial charge in [0.1, 0.15) is 5.15 Å². The number of halogens is 4. The largest absolute Gasteiger partial charge is 0.477 e. The van der Waals surface area contributed by atoms with E-state index in [0.29, 0.717) is 6.42 Å². The van der Waals surface area contributed by atoms with Gasteiger partial charge in [-0.2, -0.15) is 18.2 Å². The quantitative estimate of drug-likeness (QED) is 0.805. The highest BCUT2D eigenvalue weighted by Crippen LogP contribution is 2.28. The monoisotopic (exact) mass is 308 g/mol. The lowest BCUT2D eigenvalue weighted by atomic mass is 10.4. The first-order valence-corrected chi connectivity index (χ1v) is 6.48. The summed E-state index contributed by atoms with van der Waals surface area (Å²) in [4.78, 5) is 7.48. The molecule has 8 heteroatoms. The van der Waals surface area contributed by atoms with E-state index in [-0.39, 0.29) is 17.6 Å². The van der Waals surface area contributed by atoms with Crippen molar-refractivity contribution in [3.63, 3.8) is 0 Å². The van der Waals surface area contributed by atoms with Gasteiger partial charge in [0.2, 0.25) is 11.7 Å². The lowest BCUT2D eigenvalue weighted by Crippen LogP contribution is -2.12. The van der Waals surface area contributed by atoms with E-state index in [0.717, 1.165) is 10.9 Å². The fraction of sp³-hybridized carbons (Fsp3) is 0.273. The first-order chi connectivity index (χ1) is 8.95. The zero-order valence-corrected chi connectivity index (χ0v) is 11.0. The molecule has 2 aromatic heterocycles. The molecule has 0 bridgehead atoms. The predicted octanol–water partition coefficient (Wildman–Crippen LogP) is 3.83. The Kier molecular flexibility index (Phi) is 4.26. The van der Waals surface area contributed by atoms with Crippen molar-refractivity contribution in [3.8, 4) is 5.88 Å². The van der Waals surface area contributed by atoms with Gasteiger partial charge in [-0.3, -0.25) is 0 Å². The minimum atomic E-state index is -4.64. The van der Waals surface area contributed by atoms with E-state index in [4.69, 9.17) is 16.3 Å². The third kappa shape index (κ3) is 4.07. The molecule has 0 N–H and O–H groups in total. The van der Waals surface area contributed by atoms with Gasteiger partial charge >= 0.3 is 6.18 Å². The van der Waals surface area contributed by atoms with E-state index in [1.807, 2.05) is 17.5 Å². The second-order valence-corrected chi connectivity index (χ2v) is 4.95. The third-order valence-electron chi connectivity index (χ3n) is 2.10. The molecular weight excluding hydrogens is 301 g/mol. The van der Waals surface area contributed by atoms with Crippen molar-refractivity contribution >= 4 is 22.9 Å². The summed E-state index contributed by atoms with van der Waals surface area (Å²) in [5.41, 5.74) is 0. The van der Waals surface area contributed by atoms with Crippen LogP contribution in [0.25, 0.3) is 0 Å². The summed E-state index contributed by atoms with van der Waals surface area (Å²) < 4.78 is 42.5. The molecule has 0 aliphatic carbocycles. The van der Waals surface area contributed by atoms with Crippen LogP contribution in [0.5, 0.6) is 5.88 Å². The number of hydrogen-bond donors (Lipinski definition) is 0. The molecule has 0 aromatic carbocycles. The van der Waals surface area contributed by atoms with Crippen LogP contribution in [0, 0.1) is 0 Å². The molecule has 2 aromatic rings. The molecule has 0 aliphatic rings. The summed E-state index contributed by atoms with van der Waals surface area (Å²) in [6, 6.07) is 4.97. The summed E-state index contributed by atoms with van der Waals surface area (Å²) in [6.07, 6.45) is -4.04. The molecule has 0 aliphatic heterocycles. The molecule has 3 nitrogen and oxygen atoms in total. The molecule has 0 atom stereocenters. The number of rotatable bonds is 4. The van der Waals surface area contributed by atoms with Gasteiger partial charge in [-0.25, -0.2) is 4.98 Å². The Balaban J connectivity index is 2.02. The Labute approximate surface area is 116 Å². The molecule has 0 fully saturated rings. The fourth-order valence-corrected chi connectivity index (χ4v) is 2.17. The SMILES string of the molecule is FC(F)(F)c1nc(Cl)cc(OCCc2cccs2)n1. The Morgan fingerprint density at radius 3 is 2.74 bits per heavy atom. The van der Waals surface area contributed by atoms with E-state index >= 15 is 0 Å². The Bertz CT molecular complexity index is 545. The van der Waals surface area contributed by atoms with Crippen LogP contribution in [0.3, 0.4) is 0 Å². The second-order valence-electron chi connectivity index (χ2n) is 3.53. The maximum Gasteiger partial charge on any atom is 0.451 e. The lowest BCUT2D eigenvalue weighted by molar-refractivity contribution is -0.145. The molecule has 102 valence electrons. The highest BCUT2D eigenvalue weighted by molar-refractivity contribution is 7.09. The molecule has 19 heavy (non-hydrogen) atoms. The smallest absolute Gasteiger partial charge is 0.451 e. The number of hydrogen-bond acceptors (Lipinski definition) is 4. The van der Waals surface area contributed by atoms with Crippen molar-refractivity contribution in [2.24, 2.45) is 0 Å². The van der Waals surface area contributed by atoms with Gasteiger partial charge in [-0.05, 0) is 11.4 Å². The van der Waals surface area contributed by atoms with Gasteiger partial charge in [0.25, 0.3) is 0 Å². The summed E-state index contributed by atoms with van der Waals surface area (Å²) in [5.74, 6) is -1.48. The number of alkyl halides is 3. The fourth-order valence-electron chi connectivity index (χ4n) is 1.31. The first-order valence-electron chi connectivity index (χ1n) is 5.22. The topological polar surface area (TPSA) is 35.0 Å². The van der Waals surface area contributed by atoms with Crippen molar-refractivity contribution in [1.29, 1.82) is 0 Å². The lowest BCUT2D eigenvalue weighted by Gasteiger charge is -2.08. The zero-order valence-electron chi connectivity index (χ0n) is 9.45. The van der Waals surface area contributed by atoms with E-state index in [2.05, 4.69) is 9.97 Å². The number of aromatic nitrogens is 2. The van der Waals surface area contributed by atoms with Crippen LogP contribution in [0.1, 0.15) is 10.7 Å². The maximum absolute atomic E-state index is 12.5. The molecule has 0 saturated heterocycles. The van der Waals surface area contributed by atoms with Crippen molar-refractivity contribution < 1.29 is 17.9 Å². The Morgan fingerprint density at radius 2 is 2.11 bits per heavy atom. The van der Waals surface area contributed by atoms with Crippen molar-refractivity contribution in [2.75, 3.05) is 6.61 Å². The molecule has 0 unspecified atom stereocenters. The number of thiophene rings is 1. The van der Waals surface area contributed by atoms with Crippen LogP contribution in [0.15, 0.2) is 23.6 Å². The molecule has 0 amide bonds. The van der Waals surface area contributed by atoms with Crippen molar-refractivity contribution in [1.82, 2.24) is 9.97 Å². The standard InChI is InChI=1S/C11H8ClF3N2OS/c12-8-6-9(17-10(16-8)11(13,14)15)18-4-3-7-2-1-5-19-7/h1-2,5-6H,3-4H2. The van der Waals surface area contributed by atoms with Crippen LogP contribution in [-0.2, 0) is 12.6 Å². The predicted molar refractivity (Wildman–Crippen MR) is 65.6 cm³/mol. The van der Waals surface area contributed by atoms with Crippen LogP contribution in [0.2, 0.25) is 5.15 Å². The highest BCUT2D eigenvalue weighted by Gasteiger charge is 2.35. The molecular formula is C11H8ClF3N2OS. The molecule has 2 heterocycles. The van der Waals surface area contributed by atoms with E-state index in [1.165, 1.54) is 0 Å². The summed E-state index contributed by atoms with van der Waals surface area (Å²) >= 11 is 7.06. The Hall–Kier alpha value is -1.34. The van der Waals surface area contributed by atoms with E-state index < -0.39 is 12.0 Å². The number of nitrogens with zero attached hydrogens (tertiary/aromatic N) is 2. The van der Waals surface area contributed by atoms with Gasteiger partial charge in [-0.15, -0.1) is 11.3 Å². The highest BCUT2D eigenvalue weighted by atomic mass is 35.5. The van der Waals surface area contributed by atoms with E-state index in [1.54, 1.807) is 11.3 Å². The van der Waals surface area contributed by atoms with Gasteiger partial charge in [0.05, 0.1) is 6.61 Å². The average Bonchev–Trinajstić information content (AvgIpc) is 2.80. The third-order valence-corrected chi connectivity index (χ3v) is 3.23. The van der Waals surface area contributed by atoms with Crippen LogP contribution in [0.4, 0.5) is 13.2 Å². The van der Waals surface area contributed by atoms with E-state index in [9.17, 15) is 13.2 Å². The summed E-state index contributed by atoms with van der Waals surface area (Å²) in [5, 5.41) is 1.62. The minimum absolute atomic E-state index is 0.177. The van der Waals surface area contributed by atoms with Crippen LogP contribution < -0.4 is 4.74 Å². The van der Waals surface area contributed by atoms with Gasteiger partial charge < -0.3 is 4.74 Å². The van der Waals surface area contributed by atoms with Gasteiger partial charge in [-0.1, -0.05) is 17.7 Å². The Morgan fingerprint density at radius 1 is 1.32 bits per heavy atom. The second kappa shape index (κ2) is 5.75. The minimum Gasteiger partial charge on any atom is -0.477 e. The van der Waals surface area contributed by atoms with Gasteiger partial charge in [0, 0.05) is 17.4 Å². The maximum atomic E-state index is 12.5. The summed E-state index contributed by atoms with van der Waals surface area (Å²) in [6.45, 7) is 0.227. The van der Waals surface area contributed by atoms with Gasteiger partial charge in [0.15, 0.2) is 0 Å². The molecule has 2 rings (SSSR count). The summed E-state index contributed by atoms with van der Waals surface area (Å²) in [7, 11) is 0. The van der Waals surface area contributed by atoms with Crippen LogP contribution in [-0.4, -0.2) is 16.6 Å². The molecule has 0 spiro atoms. The van der Waals surface area contributed by atoms with Crippen molar-refractivity contribution in [2.45, 2.75) is 12.6 Å². The van der Waals surface area contributed by atoms with Crippen molar-refractivity contribution in [3.05, 3.63) is 39.4 Å². The average molecular weight is 309 g/mol. The zero-order chi connectivity index (χ0) is 13.9.